The molecule has 1 amide bonds. The van der Waals surface area contributed by atoms with Gasteiger partial charge in [-0.25, -0.2) is 4.79 Å². The number of amides is 1. The second-order valence-electron chi connectivity index (χ2n) is 5.77. The van der Waals surface area contributed by atoms with Gasteiger partial charge in [0, 0.05) is 17.1 Å². The maximum Gasteiger partial charge on any atom is 0.337 e. The summed E-state index contributed by atoms with van der Waals surface area (Å²) < 4.78 is 5.33. The van der Waals surface area contributed by atoms with E-state index in [2.05, 4.69) is 22.5 Å². The molecule has 0 aliphatic rings. The second-order valence-corrected chi connectivity index (χ2v) is 6.62. The molecule has 2 aromatic carbocycles. The number of aryl methyl sites for hydroxylation is 2. The van der Waals surface area contributed by atoms with Crippen molar-refractivity contribution in [2.45, 2.75) is 13.8 Å². The SMILES string of the molecule is C=C(C(=O)N(C)c1ccc(C(=O)OC)cc1Br)c1c(C)cccc1C. The molecule has 0 fully saturated rings. The summed E-state index contributed by atoms with van der Waals surface area (Å²) in [4.78, 5) is 26.0. The van der Waals surface area contributed by atoms with E-state index in [0.717, 1.165) is 16.7 Å². The van der Waals surface area contributed by atoms with Crippen LogP contribution in [0.3, 0.4) is 0 Å². The fraction of sp³-hybridized carbons (Fsp3) is 0.200. The Labute approximate surface area is 156 Å². The van der Waals surface area contributed by atoms with Gasteiger partial charge >= 0.3 is 5.97 Å². The molecule has 2 aromatic rings. The average Bonchev–Trinajstić information content (AvgIpc) is 2.59. The largest absolute Gasteiger partial charge is 0.465 e. The zero-order valence-corrected chi connectivity index (χ0v) is 16.3. The van der Waals surface area contributed by atoms with Crippen LogP contribution >= 0.6 is 15.9 Å². The molecule has 0 bridgehead atoms. The third-order valence-corrected chi connectivity index (χ3v) is 4.71. The molecule has 0 radical (unpaired) electrons. The first-order valence-corrected chi connectivity index (χ1v) is 8.48. The summed E-state index contributed by atoms with van der Waals surface area (Å²) in [5.74, 6) is -0.634. The molecule has 0 saturated heterocycles. The number of hydrogen-bond acceptors (Lipinski definition) is 3. The van der Waals surface area contributed by atoms with Crippen LogP contribution in [0.5, 0.6) is 0 Å². The summed E-state index contributed by atoms with van der Waals surface area (Å²) in [6.07, 6.45) is 0. The van der Waals surface area contributed by atoms with Crippen LogP contribution in [0.4, 0.5) is 5.69 Å². The van der Waals surface area contributed by atoms with E-state index in [1.165, 1.54) is 12.0 Å². The number of esters is 1. The number of rotatable bonds is 4. The van der Waals surface area contributed by atoms with Crippen molar-refractivity contribution >= 4 is 39.1 Å². The van der Waals surface area contributed by atoms with Crippen LogP contribution in [0.25, 0.3) is 5.57 Å². The smallest absolute Gasteiger partial charge is 0.337 e. The van der Waals surface area contributed by atoms with Crippen molar-refractivity contribution in [2.24, 2.45) is 0 Å². The Hall–Kier alpha value is -2.40. The number of carbonyl (C=O) groups excluding carboxylic acids is 2. The minimum Gasteiger partial charge on any atom is -0.465 e. The van der Waals surface area contributed by atoms with Crippen LogP contribution < -0.4 is 4.90 Å². The number of likely N-dealkylation sites (N-methyl/N-ethyl adjacent to an activating group) is 1. The van der Waals surface area contributed by atoms with Crippen molar-refractivity contribution in [2.75, 3.05) is 19.1 Å². The number of methoxy groups -OCH3 is 1. The number of hydrogen-bond donors (Lipinski definition) is 0. The number of anilines is 1. The van der Waals surface area contributed by atoms with Crippen molar-refractivity contribution in [1.82, 2.24) is 0 Å². The van der Waals surface area contributed by atoms with E-state index in [1.807, 2.05) is 32.0 Å². The van der Waals surface area contributed by atoms with Crippen LogP contribution in [0.1, 0.15) is 27.0 Å². The van der Waals surface area contributed by atoms with Crippen molar-refractivity contribution in [3.8, 4) is 0 Å². The molecule has 130 valence electrons. The molecule has 0 unspecified atom stereocenters. The first kappa shape index (κ1) is 18.9. The van der Waals surface area contributed by atoms with Crippen molar-refractivity contribution in [1.29, 1.82) is 0 Å². The van der Waals surface area contributed by atoms with Gasteiger partial charge in [0.15, 0.2) is 0 Å². The Kier molecular flexibility index (Phi) is 5.80. The molecular weight excluding hydrogens is 382 g/mol. The second kappa shape index (κ2) is 7.66. The van der Waals surface area contributed by atoms with Crippen LogP contribution in [-0.4, -0.2) is 26.0 Å². The quantitative estimate of drug-likeness (QED) is 0.558. The highest BCUT2D eigenvalue weighted by Gasteiger charge is 2.21. The normalized spacial score (nSPS) is 10.3. The van der Waals surface area contributed by atoms with Gasteiger partial charge in [-0.15, -0.1) is 0 Å². The molecule has 0 aliphatic carbocycles. The molecule has 0 aromatic heterocycles. The molecule has 0 heterocycles. The van der Waals surface area contributed by atoms with Crippen molar-refractivity contribution in [3.05, 3.63) is 69.7 Å². The van der Waals surface area contributed by atoms with Crippen molar-refractivity contribution < 1.29 is 14.3 Å². The summed E-state index contributed by atoms with van der Waals surface area (Å²) in [6.45, 7) is 7.92. The summed E-state index contributed by atoms with van der Waals surface area (Å²) >= 11 is 3.42. The maximum atomic E-state index is 12.9. The molecule has 0 spiro atoms. The predicted molar refractivity (Wildman–Crippen MR) is 104 cm³/mol. The molecular formula is C20H20BrNO3. The third kappa shape index (κ3) is 3.82. The van der Waals surface area contributed by atoms with Gasteiger partial charge in [0.05, 0.1) is 18.4 Å². The summed E-state index contributed by atoms with van der Waals surface area (Å²) in [5, 5.41) is 0. The van der Waals surface area contributed by atoms with Gasteiger partial charge in [-0.2, -0.15) is 0 Å². The summed E-state index contributed by atoms with van der Waals surface area (Å²) in [7, 11) is 3.01. The number of ether oxygens (including phenoxy) is 1. The number of nitrogens with zero attached hydrogens (tertiary/aromatic N) is 1. The molecule has 2 rings (SSSR count). The highest BCUT2D eigenvalue weighted by molar-refractivity contribution is 9.10. The van der Waals surface area contributed by atoms with Crippen LogP contribution in [0.2, 0.25) is 0 Å². The van der Waals surface area contributed by atoms with Crippen LogP contribution in [-0.2, 0) is 9.53 Å². The summed E-state index contributed by atoms with van der Waals surface area (Å²) in [5.41, 5.74) is 4.36. The fourth-order valence-corrected chi connectivity index (χ4v) is 3.38. The molecule has 5 heteroatoms. The highest BCUT2D eigenvalue weighted by Crippen LogP contribution is 2.30. The van der Waals surface area contributed by atoms with Crippen LogP contribution in [0.15, 0.2) is 47.4 Å². The zero-order chi connectivity index (χ0) is 18.7. The van der Waals surface area contributed by atoms with E-state index >= 15 is 0 Å². The minimum absolute atomic E-state index is 0.205. The van der Waals surface area contributed by atoms with E-state index in [0.29, 0.717) is 21.3 Å². The van der Waals surface area contributed by atoms with Gasteiger partial charge in [-0.1, -0.05) is 24.8 Å². The molecule has 0 aliphatic heterocycles. The molecule has 4 nitrogen and oxygen atoms in total. The van der Waals surface area contributed by atoms with Crippen molar-refractivity contribution in [3.63, 3.8) is 0 Å². The molecule has 0 N–H and O–H groups in total. The number of benzene rings is 2. The van der Waals surface area contributed by atoms with Gasteiger partial charge < -0.3 is 9.64 Å². The first-order chi connectivity index (χ1) is 11.8. The number of halogens is 1. The average molecular weight is 402 g/mol. The topological polar surface area (TPSA) is 46.6 Å². The van der Waals surface area contributed by atoms with Crippen LogP contribution in [0, 0.1) is 13.8 Å². The molecule has 0 atom stereocenters. The van der Waals surface area contributed by atoms with Gasteiger partial charge in [0.2, 0.25) is 0 Å². The first-order valence-electron chi connectivity index (χ1n) is 7.69. The van der Waals surface area contributed by atoms with E-state index < -0.39 is 5.97 Å². The zero-order valence-electron chi connectivity index (χ0n) is 14.7. The minimum atomic E-state index is -0.429. The Morgan fingerprint density at radius 1 is 1.12 bits per heavy atom. The molecule has 0 saturated carbocycles. The lowest BCUT2D eigenvalue weighted by Gasteiger charge is -2.22. The van der Waals surface area contributed by atoms with E-state index in [-0.39, 0.29) is 5.91 Å². The van der Waals surface area contributed by atoms with Gasteiger partial charge in [0.25, 0.3) is 5.91 Å². The lowest BCUT2D eigenvalue weighted by Crippen LogP contribution is -2.27. The van der Waals surface area contributed by atoms with E-state index in [4.69, 9.17) is 4.74 Å². The van der Waals surface area contributed by atoms with Gasteiger partial charge in [0.1, 0.15) is 0 Å². The Balaban J connectivity index is 2.34. The summed E-state index contributed by atoms with van der Waals surface area (Å²) in [6, 6.07) is 10.8. The Morgan fingerprint density at radius 2 is 1.72 bits per heavy atom. The maximum absolute atomic E-state index is 12.9. The van der Waals surface area contributed by atoms with Gasteiger partial charge in [-0.05, 0) is 64.7 Å². The van der Waals surface area contributed by atoms with E-state index in [9.17, 15) is 9.59 Å². The lowest BCUT2D eigenvalue weighted by atomic mass is 9.96. The lowest BCUT2D eigenvalue weighted by molar-refractivity contribution is -0.113. The number of carbonyl (C=O) groups is 2. The Bertz CT molecular complexity index is 838. The standard InChI is InChI=1S/C20H20BrNO3/c1-12-7-6-8-13(2)18(12)14(3)19(23)22(4)17-10-9-15(11-16(17)21)20(24)25-5/h6-11H,3H2,1-2,4-5H3. The Morgan fingerprint density at radius 3 is 2.24 bits per heavy atom. The highest BCUT2D eigenvalue weighted by atomic mass is 79.9. The third-order valence-electron chi connectivity index (χ3n) is 4.08. The van der Waals surface area contributed by atoms with E-state index in [1.54, 1.807) is 25.2 Å². The fourth-order valence-electron chi connectivity index (χ4n) is 2.73. The molecule has 25 heavy (non-hydrogen) atoms. The van der Waals surface area contributed by atoms with Gasteiger partial charge in [-0.3, -0.25) is 4.79 Å². The predicted octanol–water partition coefficient (Wildman–Crippen LogP) is 4.53. The monoisotopic (exact) mass is 401 g/mol.